The van der Waals surface area contributed by atoms with E-state index in [1.54, 1.807) is 42.5 Å². The Kier molecular flexibility index (Phi) is 2.53. The summed E-state index contributed by atoms with van der Waals surface area (Å²) in [4.78, 5) is 11.5. The molecule has 4 aromatic rings. The Morgan fingerprint density at radius 3 is 2.86 bits per heavy atom. The van der Waals surface area contributed by atoms with E-state index in [2.05, 4.69) is 11.2 Å². The number of carbonyl (C=O) groups excluding carboxylic acids is 1. The van der Waals surface area contributed by atoms with Crippen molar-refractivity contribution in [3.63, 3.8) is 0 Å². The zero-order valence-electron chi connectivity index (χ0n) is 11.2. The molecule has 0 aliphatic carbocycles. The third-order valence-electron chi connectivity index (χ3n) is 3.48. The van der Waals surface area contributed by atoms with Crippen LogP contribution in [0.15, 0.2) is 46.9 Å². The molecular weight excluding hydrogens is 285 g/mol. The van der Waals surface area contributed by atoms with E-state index >= 15 is 0 Å². The van der Waals surface area contributed by atoms with E-state index in [-0.39, 0.29) is 11.5 Å². The van der Waals surface area contributed by atoms with Crippen molar-refractivity contribution >= 4 is 27.9 Å². The highest BCUT2D eigenvalue weighted by Crippen LogP contribution is 2.35. The molecule has 2 aromatic heterocycles. The first-order chi connectivity index (χ1) is 10.7. The molecule has 107 valence electrons. The molecular formula is C16H9FN3O2. The summed E-state index contributed by atoms with van der Waals surface area (Å²) in [7, 11) is 0. The molecule has 0 unspecified atom stereocenters. The second-order valence-electron chi connectivity index (χ2n) is 4.78. The quantitative estimate of drug-likeness (QED) is 0.585. The molecule has 4 rings (SSSR count). The highest BCUT2D eigenvalue weighted by molar-refractivity contribution is 5.98. The zero-order valence-corrected chi connectivity index (χ0v) is 11.2. The second kappa shape index (κ2) is 4.42. The van der Waals surface area contributed by atoms with Gasteiger partial charge in [-0.15, -0.1) is 0 Å². The number of aromatic nitrogens is 2. The maximum Gasteiger partial charge on any atom is 0.340 e. The SMILES string of the molecule is NC(=O)n1nc(-c2oc3ccccc3c2F)c2c[c]ccc21. The van der Waals surface area contributed by atoms with Crippen molar-refractivity contribution in [1.29, 1.82) is 0 Å². The summed E-state index contributed by atoms with van der Waals surface area (Å²) in [6.07, 6.45) is 0. The lowest BCUT2D eigenvalue weighted by atomic mass is 10.1. The molecule has 0 saturated carbocycles. The molecule has 2 N–H and O–H groups in total. The monoisotopic (exact) mass is 294 g/mol. The first-order valence-electron chi connectivity index (χ1n) is 6.53. The van der Waals surface area contributed by atoms with Crippen molar-refractivity contribution in [3.05, 3.63) is 54.3 Å². The third-order valence-corrected chi connectivity index (χ3v) is 3.48. The van der Waals surface area contributed by atoms with Crippen molar-refractivity contribution in [2.24, 2.45) is 5.73 Å². The van der Waals surface area contributed by atoms with E-state index in [1.165, 1.54) is 0 Å². The Labute approximate surface area is 123 Å². The highest BCUT2D eigenvalue weighted by atomic mass is 19.1. The van der Waals surface area contributed by atoms with Gasteiger partial charge in [0, 0.05) is 5.39 Å². The van der Waals surface area contributed by atoms with E-state index in [1.807, 2.05) is 0 Å². The Hall–Kier alpha value is -3.15. The number of primary amides is 1. The largest absolute Gasteiger partial charge is 0.451 e. The van der Waals surface area contributed by atoms with Crippen LogP contribution in [0.3, 0.4) is 0 Å². The number of rotatable bonds is 1. The van der Waals surface area contributed by atoms with Gasteiger partial charge in [0.05, 0.1) is 10.9 Å². The fourth-order valence-electron chi connectivity index (χ4n) is 2.51. The van der Waals surface area contributed by atoms with Crippen LogP contribution in [0, 0.1) is 11.9 Å². The number of halogens is 1. The van der Waals surface area contributed by atoms with Gasteiger partial charge in [0.15, 0.2) is 11.6 Å². The lowest BCUT2D eigenvalue weighted by molar-refractivity contribution is 0.248. The first kappa shape index (κ1) is 12.6. The summed E-state index contributed by atoms with van der Waals surface area (Å²) in [6, 6.07) is 13.8. The molecule has 6 heteroatoms. The van der Waals surface area contributed by atoms with Crippen LogP contribution in [0.25, 0.3) is 33.3 Å². The summed E-state index contributed by atoms with van der Waals surface area (Å²) < 4.78 is 21.2. The number of furan rings is 1. The molecule has 0 saturated heterocycles. The minimum atomic E-state index is -0.751. The number of hydrogen-bond acceptors (Lipinski definition) is 3. The second-order valence-corrected chi connectivity index (χ2v) is 4.78. The fraction of sp³-hybridized carbons (Fsp3) is 0. The van der Waals surface area contributed by atoms with E-state index < -0.39 is 11.8 Å². The topological polar surface area (TPSA) is 74.1 Å². The van der Waals surface area contributed by atoms with E-state index in [9.17, 15) is 9.18 Å². The smallest absolute Gasteiger partial charge is 0.340 e. The van der Waals surface area contributed by atoms with Gasteiger partial charge in [0.2, 0.25) is 0 Å². The minimum absolute atomic E-state index is 0.0224. The number of carbonyl (C=O) groups is 1. The van der Waals surface area contributed by atoms with E-state index in [4.69, 9.17) is 10.2 Å². The molecule has 22 heavy (non-hydrogen) atoms. The predicted octanol–water partition coefficient (Wildman–Crippen LogP) is 3.32. The van der Waals surface area contributed by atoms with Crippen LogP contribution in [-0.4, -0.2) is 15.8 Å². The minimum Gasteiger partial charge on any atom is -0.451 e. The maximum absolute atomic E-state index is 14.6. The summed E-state index contributed by atoms with van der Waals surface area (Å²) >= 11 is 0. The summed E-state index contributed by atoms with van der Waals surface area (Å²) in [6.45, 7) is 0. The van der Waals surface area contributed by atoms with Crippen molar-refractivity contribution in [1.82, 2.24) is 9.78 Å². The normalized spacial score (nSPS) is 11.3. The molecule has 5 nitrogen and oxygen atoms in total. The Balaban J connectivity index is 2.08. The van der Waals surface area contributed by atoms with Gasteiger partial charge >= 0.3 is 6.03 Å². The van der Waals surface area contributed by atoms with Gasteiger partial charge in [0.1, 0.15) is 11.3 Å². The summed E-state index contributed by atoms with van der Waals surface area (Å²) in [5, 5.41) is 5.00. The zero-order chi connectivity index (χ0) is 15.3. The van der Waals surface area contributed by atoms with Crippen molar-refractivity contribution < 1.29 is 13.6 Å². The molecule has 2 aromatic carbocycles. The van der Waals surface area contributed by atoms with Gasteiger partial charge in [-0.3, -0.25) is 0 Å². The van der Waals surface area contributed by atoms with Gasteiger partial charge in [-0.05, 0) is 30.3 Å². The molecule has 1 amide bonds. The van der Waals surface area contributed by atoms with Crippen LogP contribution in [0.5, 0.6) is 0 Å². The molecule has 0 atom stereocenters. The predicted molar refractivity (Wildman–Crippen MR) is 78.7 cm³/mol. The van der Waals surface area contributed by atoms with Crippen molar-refractivity contribution in [2.45, 2.75) is 0 Å². The Morgan fingerprint density at radius 2 is 2.09 bits per heavy atom. The summed E-state index contributed by atoms with van der Waals surface area (Å²) in [5.41, 5.74) is 6.42. The van der Waals surface area contributed by atoms with Crippen molar-refractivity contribution in [3.8, 4) is 11.5 Å². The van der Waals surface area contributed by atoms with Crippen molar-refractivity contribution in [2.75, 3.05) is 0 Å². The standard InChI is InChI=1S/C16H9FN3O2/c17-13-10-6-2-4-8-12(10)22-15(13)14-9-5-1-3-7-11(9)20(19-14)16(18)21/h2-8H,(H2,18,21). The molecule has 2 heterocycles. The van der Waals surface area contributed by atoms with Crippen LogP contribution < -0.4 is 5.73 Å². The number of nitrogens with two attached hydrogens (primary N) is 1. The maximum atomic E-state index is 14.6. The number of fused-ring (bicyclic) bond motifs is 2. The van der Waals surface area contributed by atoms with E-state index in [0.29, 0.717) is 21.9 Å². The third kappa shape index (κ3) is 1.64. The van der Waals surface area contributed by atoms with Gasteiger partial charge < -0.3 is 10.2 Å². The average molecular weight is 294 g/mol. The van der Waals surface area contributed by atoms with Gasteiger partial charge in [-0.2, -0.15) is 9.78 Å². The molecule has 0 aliphatic rings. The van der Waals surface area contributed by atoms with Crippen LogP contribution in [0.4, 0.5) is 9.18 Å². The van der Waals surface area contributed by atoms with Crippen LogP contribution in [0.2, 0.25) is 0 Å². The molecule has 0 bridgehead atoms. The molecule has 0 fully saturated rings. The average Bonchev–Trinajstić information content (AvgIpc) is 3.06. The number of hydrogen-bond donors (Lipinski definition) is 1. The molecule has 0 spiro atoms. The van der Waals surface area contributed by atoms with Crippen LogP contribution >= 0.6 is 0 Å². The Morgan fingerprint density at radius 1 is 1.27 bits per heavy atom. The number of benzene rings is 2. The fourth-order valence-corrected chi connectivity index (χ4v) is 2.51. The number of amides is 1. The van der Waals surface area contributed by atoms with Crippen LogP contribution in [0.1, 0.15) is 0 Å². The molecule has 0 aliphatic heterocycles. The lowest BCUT2D eigenvalue weighted by Gasteiger charge is -1.93. The highest BCUT2D eigenvalue weighted by Gasteiger charge is 2.22. The molecule has 1 radical (unpaired) electrons. The lowest BCUT2D eigenvalue weighted by Crippen LogP contribution is -2.20. The van der Waals surface area contributed by atoms with Crippen LogP contribution in [-0.2, 0) is 0 Å². The van der Waals surface area contributed by atoms with E-state index in [0.717, 1.165) is 4.68 Å². The van der Waals surface area contributed by atoms with Gasteiger partial charge in [-0.25, -0.2) is 9.18 Å². The number of nitrogens with zero attached hydrogens (tertiary/aromatic N) is 2. The first-order valence-corrected chi connectivity index (χ1v) is 6.53. The Bertz CT molecular complexity index is 1030. The van der Waals surface area contributed by atoms with Gasteiger partial charge in [-0.1, -0.05) is 18.2 Å². The number of para-hydroxylation sites is 1. The van der Waals surface area contributed by atoms with Gasteiger partial charge in [0.25, 0.3) is 0 Å². The summed E-state index contributed by atoms with van der Waals surface area (Å²) in [5.74, 6) is -0.540.